The number of hydrogen-bond donors (Lipinski definition) is 3. The monoisotopic (exact) mass is 374 g/mol. The molecule has 6 nitrogen and oxygen atoms in total. The SMILES string of the molecule is CC(C)(N)CNc1nc(Nc2ccccc2)nc(C(Cl)(Cl)Cl)n1. The van der Waals surface area contributed by atoms with Crippen LogP contribution in [0.15, 0.2) is 30.3 Å². The standard InChI is InChI=1S/C14H17Cl3N6/c1-13(2,18)8-19-11-21-10(14(15,16)17)22-12(23-11)20-9-6-4-3-5-7-9/h3-7H,8,18H2,1-2H3,(H2,19,20,21,22,23). The van der Waals surface area contributed by atoms with Crippen LogP contribution in [0.3, 0.4) is 0 Å². The van der Waals surface area contributed by atoms with Gasteiger partial charge < -0.3 is 16.4 Å². The summed E-state index contributed by atoms with van der Waals surface area (Å²) < 4.78 is -1.76. The van der Waals surface area contributed by atoms with Crippen LogP contribution in [0.1, 0.15) is 19.7 Å². The highest BCUT2D eigenvalue weighted by molar-refractivity contribution is 6.66. The Balaban J connectivity index is 2.30. The fraction of sp³-hybridized carbons (Fsp3) is 0.357. The van der Waals surface area contributed by atoms with E-state index in [1.165, 1.54) is 0 Å². The van der Waals surface area contributed by atoms with E-state index in [4.69, 9.17) is 40.5 Å². The van der Waals surface area contributed by atoms with Crippen molar-refractivity contribution < 1.29 is 0 Å². The molecule has 0 aliphatic rings. The zero-order chi connectivity index (χ0) is 17.1. The van der Waals surface area contributed by atoms with Gasteiger partial charge in [0.15, 0.2) is 5.82 Å². The first-order valence-corrected chi connectivity index (χ1v) is 7.95. The van der Waals surface area contributed by atoms with E-state index < -0.39 is 9.33 Å². The second-order valence-electron chi connectivity index (χ2n) is 5.64. The maximum Gasteiger partial charge on any atom is 0.250 e. The van der Waals surface area contributed by atoms with E-state index in [1.807, 2.05) is 44.2 Å². The normalized spacial score (nSPS) is 12.1. The quantitative estimate of drug-likeness (QED) is 0.692. The van der Waals surface area contributed by atoms with E-state index in [1.54, 1.807) is 0 Å². The number of alkyl halides is 3. The van der Waals surface area contributed by atoms with Crippen LogP contribution in [0, 0.1) is 0 Å². The minimum atomic E-state index is -1.76. The molecular formula is C14H17Cl3N6. The Morgan fingerprint density at radius 2 is 1.61 bits per heavy atom. The van der Waals surface area contributed by atoms with Gasteiger partial charge in [-0.25, -0.2) is 0 Å². The summed E-state index contributed by atoms with van der Waals surface area (Å²) in [5, 5.41) is 6.06. The molecule has 9 heteroatoms. The summed E-state index contributed by atoms with van der Waals surface area (Å²) in [4.78, 5) is 12.5. The first-order valence-electron chi connectivity index (χ1n) is 6.82. The van der Waals surface area contributed by atoms with Crippen LogP contribution in [-0.2, 0) is 3.79 Å². The third-order valence-corrected chi connectivity index (χ3v) is 3.13. The van der Waals surface area contributed by atoms with Crippen molar-refractivity contribution in [2.24, 2.45) is 5.73 Å². The molecule has 0 spiro atoms. The minimum Gasteiger partial charge on any atom is -0.352 e. The van der Waals surface area contributed by atoms with Crippen LogP contribution >= 0.6 is 34.8 Å². The molecule has 0 amide bonds. The zero-order valence-electron chi connectivity index (χ0n) is 12.6. The Labute approximate surface area is 149 Å². The fourth-order valence-electron chi connectivity index (χ4n) is 1.60. The van der Waals surface area contributed by atoms with Gasteiger partial charge in [0.05, 0.1) is 0 Å². The molecule has 4 N–H and O–H groups in total. The van der Waals surface area contributed by atoms with Crippen molar-refractivity contribution in [3.05, 3.63) is 36.2 Å². The first-order chi connectivity index (χ1) is 10.6. The lowest BCUT2D eigenvalue weighted by Crippen LogP contribution is -2.40. The summed E-state index contributed by atoms with van der Waals surface area (Å²) >= 11 is 17.7. The number of anilines is 3. The lowest BCUT2D eigenvalue weighted by molar-refractivity contribution is 0.547. The molecule has 0 radical (unpaired) electrons. The Morgan fingerprint density at radius 1 is 1.00 bits per heavy atom. The predicted molar refractivity (Wildman–Crippen MR) is 95.5 cm³/mol. The number of hydrogen-bond acceptors (Lipinski definition) is 6. The number of aromatic nitrogens is 3. The number of halogens is 3. The highest BCUT2D eigenvalue weighted by atomic mass is 35.6. The number of nitrogens with two attached hydrogens (primary N) is 1. The number of nitrogens with zero attached hydrogens (tertiary/aromatic N) is 3. The highest BCUT2D eigenvalue weighted by Crippen LogP contribution is 2.36. The molecule has 0 saturated carbocycles. The van der Waals surface area contributed by atoms with E-state index in [9.17, 15) is 0 Å². The van der Waals surface area contributed by atoms with E-state index in [-0.39, 0.29) is 17.7 Å². The molecule has 23 heavy (non-hydrogen) atoms. The maximum atomic E-state index is 5.94. The second-order valence-corrected chi connectivity index (χ2v) is 7.92. The van der Waals surface area contributed by atoms with Crippen LogP contribution in [0.2, 0.25) is 0 Å². The van der Waals surface area contributed by atoms with Crippen molar-refractivity contribution in [1.29, 1.82) is 0 Å². The molecule has 124 valence electrons. The van der Waals surface area contributed by atoms with Crippen LogP contribution in [-0.4, -0.2) is 27.0 Å². The van der Waals surface area contributed by atoms with Crippen molar-refractivity contribution in [3.63, 3.8) is 0 Å². The summed E-state index contributed by atoms with van der Waals surface area (Å²) in [6.07, 6.45) is 0. The average Bonchev–Trinajstić information content (AvgIpc) is 2.44. The Morgan fingerprint density at radius 3 is 2.17 bits per heavy atom. The number of benzene rings is 1. The van der Waals surface area contributed by atoms with Crippen molar-refractivity contribution in [2.45, 2.75) is 23.2 Å². The van der Waals surface area contributed by atoms with Crippen molar-refractivity contribution in [1.82, 2.24) is 15.0 Å². The summed E-state index contributed by atoms with van der Waals surface area (Å²) in [6, 6.07) is 9.41. The molecule has 2 rings (SSSR count). The van der Waals surface area contributed by atoms with Crippen LogP contribution in [0.25, 0.3) is 0 Å². The summed E-state index contributed by atoms with van der Waals surface area (Å²) in [5.41, 5.74) is 6.30. The van der Waals surface area contributed by atoms with Crippen molar-refractivity contribution >= 4 is 52.4 Å². The molecule has 0 bridgehead atoms. The summed E-state index contributed by atoms with van der Waals surface area (Å²) in [5.74, 6) is 0.566. The topological polar surface area (TPSA) is 88.8 Å². The van der Waals surface area contributed by atoms with Gasteiger partial charge in [0.1, 0.15) is 0 Å². The smallest absolute Gasteiger partial charge is 0.250 e. The summed E-state index contributed by atoms with van der Waals surface area (Å²) in [6.45, 7) is 4.20. The van der Waals surface area contributed by atoms with E-state index in [2.05, 4.69) is 25.6 Å². The lowest BCUT2D eigenvalue weighted by Gasteiger charge is -2.20. The van der Waals surface area contributed by atoms with E-state index in [0.29, 0.717) is 6.54 Å². The van der Waals surface area contributed by atoms with Gasteiger partial charge in [-0.3, -0.25) is 0 Å². The first kappa shape index (κ1) is 18.0. The molecule has 0 fully saturated rings. The van der Waals surface area contributed by atoms with Crippen molar-refractivity contribution in [3.8, 4) is 0 Å². The fourth-order valence-corrected chi connectivity index (χ4v) is 1.85. The van der Waals surface area contributed by atoms with Gasteiger partial charge in [-0.2, -0.15) is 15.0 Å². The number of rotatable bonds is 5. The second kappa shape index (κ2) is 7.05. The van der Waals surface area contributed by atoms with Crippen LogP contribution in [0.5, 0.6) is 0 Å². The Bertz CT molecular complexity index is 652. The van der Waals surface area contributed by atoms with Gasteiger partial charge in [0.25, 0.3) is 0 Å². The van der Waals surface area contributed by atoms with Gasteiger partial charge >= 0.3 is 0 Å². The Hall–Kier alpha value is -1.34. The molecule has 2 aromatic rings. The van der Waals surface area contributed by atoms with Gasteiger partial charge in [0.2, 0.25) is 15.7 Å². The maximum absolute atomic E-state index is 5.94. The lowest BCUT2D eigenvalue weighted by atomic mass is 10.1. The predicted octanol–water partition coefficient (Wildman–Crippen LogP) is 3.59. The summed E-state index contributed by atoms with van der Waals surface area (Å²) in [7, 11) is 0. The molecule has 0 atom stereocenters. The van der Waals surface area contributed by atoms with Gasteiger partial charge in [-0.05, 0) is 26.0 Å². The molecule has 0 saturated heterocycles. The minimum absolute atomic E-state index is 0.0215. The largest absolute Gasteiger partial charge is 0.352 e. The molecule has 1 aromatic heterocycles. The van der Waals surface area contributed by atoms with Gasteiger partial charge in [-0.1, -0.05) is 53.0 Å². The number of para-hydroxylation sites is 1. The van der Waals surface area contributed by atoms with Crippen molar-refractivity contribution in [2.75, 3.05) is 17.2 Å². The molecule has 0 unspecified atom stereocenters. The highest BCUT2D eigenvalue weighted by Gasteiger charge is 2.28. The van der Waals surface area contributed by atoms with Gasteiger partial charge in [0, 0.05) is 17.8 Å². The number of nitrogens with one attached hydrogen (secondary N) is 2. The third-order valence-electron chi connectivity index (χ3n) is 2.62. The molecule has 1 heterocycles. The van der Waals surface area contributed by atoms with Crippen LogP contribution in [0.4, 0.5) is 17.6 Å². The van der Waals surface area contributed by atoms with E-state index in [0.717, 1.165) is 5.69 Å². The van der Waals surface area contributed by atoms with E-state index >= 15 is 0 Å². The zero-order valence-corrected chi connectivity index (χ0v) is 14.9. The molecule has 1 aromatic carbocycles. The Kier molecular flexibility index (Phi) is 5.52. The molecule has 0 aliphatic heterocycles. The van der Waals surface area contributed by atoms with Gasteiger partial charge in [-0.15, -0.1) is 0 Å². The molecular weight excluding hydrogens is 359 g/mol. The third kappa shape index (κ3) is 5.99. The molecule has 0 aliphatic carbocycles. The average molecular weight is 376 g/mol. The van der Waals surface area contributed by atoms with Crippen LogP contribution < -0.4 is 16.4 Å².